The first-order chi connectivity index (χ1) is 21.3. The molecule has 0 unspecified atom stereocenters. The second-order valence-electron chi connectivity index (χ2n) is 11.1. The summed E-state index contributed by atoms with van der Waals surface area (Å²) < 4.78 is 37.5. The van der Waals surface area contributed by atoms with Crippen LogP contribution in [-0.4, -0.2) is 221 Å². The number of hydrogen-bond donors (Lipinski definition) is 14. The molecule has 0 saturated carbocycles. The van der Waals surface area contributed by atoms with Crippen LogP contribution in [0.25, 0.3) is 0 Å². The number of aliphatic hydroxyl groups is 14. The third-order valence-electron chi connectivity index (χ3n) is 8.21. The summed E-state index contributed by atoms with van der Waals surface area (Å²) in [5.74, 6) is 0. The van der Waals surface area contributed by atoms with E-state index in [1.54, 1.807) is 0 Å². The van der Waals surface area contributed by atoms with Gasteiger partial charge in [-0.25, -0.2) is 0 Å². The molecular weight excluding hydrogens is 624 g/mol. The van der Waals surface area contributed by atoms with E-state index < -0.39 is 149 Å². The molecule has 21 nitrogen and oxygen atoms in total. The first kappa shape index (κ1) is 37.0. The smallest absolute Gasteiger partial charge is 0.187 e. The molecule has 45 heavy (non-hydrogen) atoms. The fourth-order valence-corrected chi connectivity index (χ4v) is 5.53. The predicted molar refractivity (Wildman–Crippen MR) is 134 cm³/mol. The Morgan fingerprint density at radius 2 is 0.711 bits per heavy atom. The van der Waals surface area contributed by atoms with E-state index in [0.29, 0.717) is 0 Å². The van der Waals surface area contributed by atoms with Crippen LogP contribution < -0.4 is 0 Å². The lowest BCUT2D eigenvalue weighted by Gasteiger charge is -2.49. The Balaban J connectivity index is 1.48. The van der Waals surface area contributed by atoms with Crippen LogP contribution in [0.2, 0.25) is 0 Å². The summed E-state index contributed by atoms with van der Waals surface area (Å²) >= 11 is 0. The predicted octanol–water partition coefficient (Wildman–Crippen LogP) is -9.75. The van der Waals surface area contributed by atoms with Crippen LogP contribution in [0, 0.1) is 0 Å². The topological polar surface area (TPSA) is 348 Å². The molecule has 4 saturated heterocycles. The molecule has 0 radical (unpaired) electrons. The van der Waals surface area contributed by atoms with Gasteiger partial charge in [-0.2, -0.15) is 0 Å². The maximum absolute atomic E-state index is 11.0. The Morgan fingerprint density at radius 1 is 0.333 bits per heavy atom. The van der Waals surface area contributed by atoms with E-state index in [0.717, 1.165) is 0 Å². The first-order valence-electron chi connectivity index (χ1n) is 14.1. The lowest BCUT2D eigenvalue weighted by Crippen LogP contribution is -2.67. The molecule has 4 aliphatic rings. The van der Waals surface area contributed by atoms with Gasteiger partial charge in [0.2, 0.25) is 0 Å². The maximum atomic E-state index is 11.0. The van der Waals surface area contributed by atoms with Gasteiger partial charge < -0.3 is 105 Å². The minimum Gasteiger partial charge on any atom is -0.394 e. The number of aliphatic hydroxyl groups excluding tert-OH is 14. The van der Waals surface area contributed by atoms with E-state index in [1.807, 2.05) is 0 Å². The molecule has 264 valence electrons. The standard InChI is InChI=1S/C24H42O21/c25-1-5-9(29)12(32)14(34)22(40-5)45-20-11(31)7(3-27)41-24(17(20)37)43-18-8(4-28)42-23(15(35)13(18)33)44-19-10(30)6(2-26)39-21(38)16(19)36/h5-38H,1-4H2/t5-,6-,7-,8-,9-,10-,11-,12+,13-,14-,15-,16-,17-,18-,19+,20+,21+,22-,23-,24-/m1/s1. The molecule has 4 rings (SSSR count). The van der Waals surface area contributed by atoms with Crippen molar-refractivity contribution in [1.82, 2.24) is 0 Å². The fraction of sp³-hybridized carbons (Fsp3) is 1.00. The fourth-order valence-electron chi connectivity index (χ4n) is 5.53. The highest BCUT2D eigenvalue weighted by atomic mass is 16.8. The van der Waals surface area contributed by atoms with E-state index in [1.165, 1.54) is 0 Å². The molecule has 20 atom stereocenters. The van der Waals surface area contributed by atoms with Gasteiger partial charge in [-0.05, 0) is 0 Å². The SMILES string of the molecule is OC[C@H]1O[C@H](O[C@@H]2[C@@H](O)[C@@H](O[C@H]3[C@H](O)[C@@H](O)[C@@H](O[C@@H]4[C@@H](O)[C@@H](O)O[C@H](CO)[C@H]4O)O[C@@H]3CO)O[C@H](CO)[C@H]2O)[C@H](O)[C@@H](O)[C@@H]1O. The van der Waals surface area contributed by atoms with Crippen LogP contribution in [-0.2, 0) is 33.2 Å². The zero-order valence-electron chi connectivity index (χ0n) is 23.5. The molecule has 0 bridgehead atoms. The molecule has 0 aromatic carbocycles. The van der Waals surface area contributed by atoms with Crippen molar-refractivity contribution in [3.05, 3.63) is 0 Å². The lowest BCUT2D eigenvalue weighted by molar-refractivity contribution is -0.388. The highest BCUT2D eigenvalue weighted by Gasteiger charge is 2.55. The molecule has 0 aromatic heterocycles. The van der Waals surface area contributed by atoms with Crippen LogP contribution in [0.1, 0.15) is 0 Å². The minimum absolute atomic E-state index is 0.787. The van der Waals surface area contributed by atoms with Crippen molar-refractivity contribution in [2.24, 2.45) is 0 Å². The first-order valence-corrected chi connectivity index (χ1v) is 14.1. The zero-order chi connectivity index (χ0) is 33.3. The van der Waals surface area contributed by atoms with Crippen LogP contribution in [0.5, 0.6) is 0 Å². The Labute approximate surface area is 254 Å². The molecule has 4 heterocycles. The maximum Gasteiger partial charge on any atom is 0.187 e. The molecule has 21 heteroatoms. The average molecular weight is 667 g/mol. The second-order valence-corrected chi connectivity index (χ2v) is 11.1. The zero-order valence-corrected chi connectivity index (χ0v) is 23.5. The van der Waals surface area contributed by atoms with Crippen LogP contribution in [0.15, 0.2) is 0 Å². The molecule has 4 fully saturated rings. The molecular formula is C24H42O21. The van der Waals surface area contributed by atoms with Gasteiger partial charge in [0, 0.05) is 0 Å². The van der Waals surface area contributed by atoms with Gasteiger partial charge in [0.25, 0.3) is 0 Å². The highest BCUT2D eigenvalue weighted by molar-refractivity contribution is 4.97. The Bertz CT molecular complexity index is 914. The van der Waals surface area contributed by atoms with E-state index in [2.05, 4.69) is 0 Å². The molecule has 0 aromatic rings. The third kappa shape index (κ3) is 7.44. The van der Waals surface area contributed by atoms with Gasteiger partial charge in [-0.1, -0.05) is 0 Å². The third-order valence-corrected chi connectivity index (χ3v) is 8.21. The second kappa shape index (κ2) is 15.6. The van der Waals surface area contributed by atoms with E-state index in [9.17, 15) is 71.5 Å². The minimum atomic E-state index is -2.04. The summed E-state index contributed by atoms with van der Waals surface area (Å²) in [4.78, 5) is 0. The highest BCUT2D eigenvalue weighted by Crippen LogP contribution is 2.34. The van der Waals surface area contributed by atoms with Crippen molar-refractivity contribution < 1.29 is 105 Å². The van der Waals surface area contributed by atoms with Crippen molar-refractivity contribution in [2.45, 2.75) is 123 Å². The van der Waals surface area contributed by atoms with Gasteiger partial charge in [0.15, 0.2) is 25.2 Å². The van der Waals surface area contributed by atoms with E-state index in [4.69, 9.17) is 33.2 Å². The normalized spacial score (nSPS) is 52.9. The number of rotatable bonds is 10. The van der Waals surface area contributed by atoms with Gasteiger partial charge in [0.1, 0.15) is 97.7 Å². The molecule has 4 aliphatic heterocycles. The summed E-state index contributed by atoms with van der Waals surface area (Å²) in [6, 6.07) is 0. The number of hydrogen-bond acceptors (Lipinski definition) is 21. The van der Waals surface area contributed by atoms with Crippen molar-refractivity contribution in [1.29, 1.82) is 0 Å². The Morgan fingerprint density at radius 3 is 1.22 bits per heavy atom. The summed E-state index contributed by atoms with van der Waals surface area (Å²) in [5, 5.41) is 143. The molecule has 0 aliphatic carbocycles. The van der Waals surface area contributed by atoms with Gasteiger partial charge in [0.05, 0.1) is 26.4 Å². The summed E-state index contributed by atoms with van der Waals surface area (Å²) in [6.07, 6.45) is -35.7. The van der Waals surface area contributed by atoms with Gasteiger partial charge in [-0.3, -0.25) is 0 Å². The molecule has 0 amide bonds. The van der Waals surface area contributed by atoms with E-state index in [-0.39, 0.29) is 0 Å². The van der Waals surface area contributed by atoms with Crippen molar-refractivity contribution in [2.75, 3.05) is 26.4 Å². The van der Waals surface area contributed by atoms with Crippen molar-refractivity contribution >= 4 is 0 Å². The molecule has 14 N–H and O–H groups in total. The van der Waals surface area contributed by atoms with Crippen LogP contribution in [0.4, 0.5) is 0 Å². The van der Waals surface area contributed by atoms with Crippen LogP contribution >= 0.6 is 0 Å². The monoisotopic (exact) mass is 666 g/mol. The van der Waals surface area contributed by atoms with Crippen molar-refractivity contribution in [3.8, 4) is 0 Å². The van der Waals surface area contributed by atoms with Crippen LogP contribution in [0.3, 0.4) is 0 Å². The summed E-state index contributed by atoms with van der Waals surface area (Å²) in [5.41, 5.74) is 0. The Kier molecular flexibility index (Phi) is 12.8. The summed E-state index contributed by atoms with van der Waals surface area (Å²) in [7, 11) is 0. The Hall–Kier alpha value is -0.840. The largest absolute Gasteiger partial charge is 0.394 e. The van der Waals surface area contributed by atoms with E-state index >= 15 is 0 Å². The van der Waals surface area contributed by atoms with Gasteiger partial charge in [-0.15, -0.1) is 0 Å². The lowest BCUT2D eigenvalue weighted by atomic mass is 9.95. The number of ether oxygens (including phenoxy) is 7. The average Bonchev–Trinajstić information content (AvgIpc) is 3.03. The van der Waals surface area contributed by atoms with Crippen molar-refractivity contribution in [3.63, 3.8) is 0 Å². The van der Waals surface area contributed by atoms with Gasteiger partial charge >= 0.3 is 0 Å². The quantitative estimate of drug-likeness (QED) is 0.103. The molecule has 0 spiro atoms. The summed E-state index contributed by atoms with van der Waals surface area (Å²) in [6.45, 7) is -3.40.